The van der Waals surface area contributed by atoms with Gasteiger partial charge < -0.3 is 5.32 Å². The summed E-state index contributed by atoms with van der Waals surface area (Å²) in [6, 6.07) is 6.74. The lowest BCUT2D eigenvalue weighted by atomic mass is 10.2. The van der Waals surface area contributed by atoms with Gasteiger partial charge in [-0.25, -0.2) is 14.6 Å². The molecule has 1 amide bonds. The lowest BCUT2D eigenvalue weighted by molar-refractivity contribution is 0.0952. The highest BCUT2D eigenvalue weighted by Crippen LogP contribution is 2.26. The van der Waals surface area contributed by atoms with Crippen LogP contribution >= 0.6 is 35.0 Å². The van der Waals surface area contributed by atoms with E-state index in [2.05, 4.69) is 32.2 Å². The zero-order valence-electron chi connectivity index (χ0n) is 14.0. The molecule has 0 saturated heterocycles. The van der Waals surface area contributed by atoms with Crippen molar-refractivity contribution in [2.45, 2.75) is 10.9 Å². The van der Waals surface area contributed by atoms with Crippen molar-refractivity contribution in [3.05, 3.63) is 70.7 Å². The first kappa shape index (κ1) is 19.3. The number of aromatic nitrogens is 5. The molecule has 0 aliphatic rings. The Labute approximate surface area is 169 Å². The van der Waals surface area contributed by atoms with Crippen LogP contribution in [0.2, 0.25) is 10.0 Å². The smallest absolute Gasteiger partial charge is 0.274 e. The first-order valence-electron chi connectivity index (χ1n) is 7.78. The van der Waals surface area contributed by atoms with Gasteiger partial charge in [-0.3, -0.25) is 4.79 Å². The summed E-state index contributed by atoms with van der Waals surface area (Å²) < 4.78 is 1.54. The van der Waals surface area contributed by atoms with Gasteiger partial charge in [0.1, 0.15) is 0 Å². The number of nitrogens with one attached hydrogen (secondary N) is 1. The summed E-state index contributed by atoms with van der Waals surface area (Å²) in [5.74, 6) is 0.0247. The predicted octanol–water partition coefficient (Wildman–Crippen LogP) is 3.57. The van der Waals surface area contributed by atoms with Crippen LogP contribution in [0.4, 0.5) is 0 Å². The molecule has 0 radical (unpaired) electrons. The number of benzene rings is 1. The minimum absolute atomic E-state index is 0.205. The third-order valence-electron chi connectivity index (χ3n) is 3.36. The molecule has 1 aromatic carbocycles. The van der Waals surface area contributed by atoms with E-state index in [1.807, 2.05) is 0 Å². The van der Waals surface area contributed by atoms with Crippen LogP contribution in [0.5, 0.6) is 0 Å². The number of halogens is 2. The summed E-state index contributed by atoms with van der Waals surface area (Å²) in [6.45, 7) is 3.91. The van der Waals surface area contributed by atoms with Gasteiger partial charge in [-0.05, 0) is 24.3 Å². The van der Waals surface area contributed by atoms with Gasteiger partial charge in [0.05, 0.1) is 11.4 Å². The Morgan fingerprint density at radius 1 is 1.22 bits per heavy atom. The molecule has 1 N–H and O–H groups in total. The summed E-state index contributed by atoms with van der Waals surface area (Å²) in [7, 11) is 0. The van der Waals surface area contributed by atoms with E-state index in [1.165, 1.54) is 16.4 Å². The molecule has 0 bridgehead atoms. The Kier molecular flexibility index (Phi) is 6.44. The van der Waals surface area contributed by atoms with Gasteiger partial charge in [0.25, 0.3) is 5.91 Å². The van der Waals surface area contributed by atoms with Crippen LogP contribution in [0.25, 0.3) is 5.69 Å². The molecule has 0 fully saturated rings. The van der Waals surface area contributed by atoms with Crippen LogP contribution in [0.15, 0.2) is 54.5 Å². The van der Waals surface area contributed by atoms with Crippen LogP contribution in [-0.2, 0) is 5.75 Å². The zero-order valence-corrected chi connectivity index (χ0v) is 16.3. The van der Waals surface area contributed by atoms with Gasteiger partial charge in [-0.15, -0.1) is 11.7 Å². The Morgan fingerprint density at radius 3 is 2.59 bits per heavy atom. The quantitative estimate of drug-likeness (QED) is 0.357. The Hall–Kier alpha value is -2.42. The van der Waals surface area contributed by atoms with Crippen molar-refractivity contribution in [1.29, 1.82) is 0 Å². The molecule has 2 heterocycles. The first-order chi connectivity index (χ1) is 13.1. The highest BCUT2D eigenvalue weighted by Gasteiger charge is 2.21. The van der Waals surface area contributed by atoms with Gasteiger partial charge >= 0.3 is 0 Å². The van der Waals surface area contributed by atoms with E-state index < -0.39 is 0 Å². The minimum atomic E-state index is -0.348. The van der Waals surface area contributed by atoms with E-state index in [-0.39, 0.29) is 11.6 Å². The second-order valence-corrected chi connectivity index (χ2v) is 7.06. The van der Waals surface area contributed by atoms with Crippen LogP contribution < -0.4 is 5.32 Å². The number of nitrogens with zero attached hydrogens (tertiary/aromatic N) is 5. The van der Waals surface area contributed by atoms with E-state index in [0.29, 0.717) is 38.9 Å². The average Bonchev–Trinajstić information content (AvgIpc) is 3.08. The highest BCUT2D eigenvalue weighted by atomic mass is 35.5. The van der Waals surface area contributed by atoms with E-state index >= 15 is 0 Å². The molecule has 0 saturated carbocycles. The topological polar surface area (TPSA) is 85.6 Å². The van der Waals surface area contributed by atoms with Gasteiger partial charge in [-0.2, -0.15) is 0 Å². The molecule has 138 valence electrons. The molecule has 3 aromatic rings. The molecule has 2 aromatic heterocycles. The molecular formula is C17H14Cl2N6OS. The predicted molar refractivity (Wildman–Crippen MR) is 106 cm³/mol. The third kappa shape index (κ3) is 4.85. The summed E-state index contributed by atoms with van der Waals surface area (Å²) >= 11 is 13.6. The second-order valence-electron chi connectivity index (χ2n) is 5.24. The molecule has 10 heteroatoms. The number of hydrogen-bond donors (Lipinski definition) is 1. The lowest BCUT2D eigenvalue weighted by Gasteiger charge is -2.09. The fourth-order valence-corrected chi connectivity index (χ4v) is 3.53. The van der Waals surface area contributed by atoms with Crippen molar-refractivity contribution in [2.75, 3.05) is 6.54 Å². The summed E-state index contributed by atoms with van der Waals surface area (Å²) in [4.78, 5) is 20.8. The van der Waals surface area contributed by atoms with Crippen LogP contribution in [0.3, 0.4) is 0 Å². The van der Waals surface area contributed by atoms with Crippen LogP contribution in [0, 0.1) is 0 Å². The van der Waals surface area contributed by atoms with Crippen molar-refractivity contribution in [3.8, 4) is 5.69 Å². The second kappa shape index (κ2) is 8.98. The summed E-state index contributed by atoms with van der Waals surface area (Å²) in [5.41, 5.74) is 1.39. The highest BCUT2D eigenvalue weighted by molar-refractivity contribution is 7.98. The van der Waals surface area contributed by atoms with Crippen LogP contribution in [0.1, 0.15) is 16.2 Å². The molecule has 0 unspecified atom stereocenters. The molecule has 3 rings (SSSR count). The zero-order chi connectivity index (χ0) is 19.2. The van der Waals surface area contributed by atoms with E-state index in [9.17, 15) is 4.79 Å². The van der Waals surface area contributed by atoms with Crippen molar-refractivity contribution < 1.29 is 4.79 Å². The van der Waals surface area contributed by atoms with E-state index in [4.69, 9.17) is 23.2 Å². The first-order valence-corrected chi connectivity index (χ1v) is 9.52. The summed E-state index contributed by atoms with van der Waals surface area (Å²) in [6.07, 6.45) is 4.89. The maximum Gasteiger partial charge on any atom is 0.274 e. The van der Waals surface area contributed by atoms with Gasteiger partial charge in [-0.1, -0.05) is 46.3 Å². The maximum absolute atomic E-state index is 12.4. The lowest BCUT2D eigenvalue weighted by Crippen LogP contribution is -2.25. The molecule has 0 aliphatic heterocycles. The standard InChI is InChI=1S/C17H14Cl2N6OS/c1-2-4-20-16(26)15-14(10-27-17-21-5-3-6-22-17)25(24-23-15)13-8-11(18)7-12(19)9-13/h2-3,5-9H,1,4,10H2,(H,20,26). The summed E-state index contributed by atoms with van der Waals surface area (Å²) in [5, 5.41) is 12.4. The third-order valence-corrected chi connectivity index (χ3v) is 4.68. The van der Waals surface area contributed by atoms with E-state index in [0.717, 1.165) is 0 Å². The Bertz CT molecular complexity index is 943. The van der Waals surface area contributed by atoms with Crippen molar-refractivity contribution in [2.24, 2.45) is 0 Å². The molecule has 7 nitrogen and oxygen atoms in total. The number of carbonyl (C=O) groups excluding carboxylic acids is 1. The van der Waals surface area contributed by atoms with E-state index in [1.54, 1.807) is 42.7 Å². The molecular weight excluding hydrogens is 407 g/mol. The van der Waals surface area contributed by atoms with Gasteiger partial charge in [0, 0.05) is 34.7 Å². The monoisotopic (exact) mass is 420 g/mol. The maximum atomic E-state index is 12.4. The van der Waals surface area contributed by atoms with Crippen molar-refractivity contribution in [3.63, 3.8) is 0 Å². The number of amides is 1. The number of hydrogen-bond acceptors (Lipinski definition) is 6. The SMILES string of the molecule is C=CCNC(=O)c1nnn(-c2cc(Cl)cc(Cl)c2)c1CSc1ncccn1. The molecule has 0 spiro atoms. The number of thioether (sulfide) groups is 1. The Morgan fingerprint density at radius 2 is 1.93 bits per heavy atom. The van der Waals surface area contributed by atoms with Gasteiger partial charge in [0.15, 0.2) is 10.9 Å². The van der Waals surface area contributed by atoms with Crippen molar-refractivity contribution in [1.82, 2.24) is 30.3 Å². The van der Waals surface area contributed by atoms with Crippen LogP contribution in [-0.4, -0.2) is 37.4 Å². The number of rotatable bonds is 7. The largest absolute Gasteiger partial charge is 0.347 e. The molecule has 27 heavy (non-hydrogen) atoms. The van der Waals surface area contributed by atoms with Gasteiger partial charge in [0.2, 0.25) is 0 Å². The number of carbonyl (C=O) groups is 1. The fraction of sp³-hybridized carbons (Fsp3) is 0.118. The fourth-order valence-electron chi connectivity index (χ4n) is 2.22. The average molecular weight is 421 g/mol. The Balaban J connectivity index is 1.98. The normalized spacial score (nSPS) is 10.6. The minimum Gasteiger partial charge on any atom is -0.347 e. The molecule has 0 atom stereocenters. The van der Waals surface area contributed by atoms with Crippen molar-refractivity contribution >= 4 is 40.9 Å². The molecule has 0 aliphatic carbocycles.